The van der Waals surface area contributed by atoms with Crippen molar-refractivity contribution in [3.63, 3.8) is 0 Å². The molecule has 0 spiro atoms. The van der Waals surface area contributed by atoms with Gasteiger partial charge in [-0.05, 0) is 44.4 Å². The molecule has 2 heterocycles. The highest BCUT2D eigenvalue weighted by Gasteiger charge is 2.16. The largest absolute Gasteiger partial charge is 0.345 e. The molecule has 0 bridgehead atoms. The molecule has 1 fully saturated rings. The van der Waals surface area contributed by atoms with Crippen molar-refractivity contribution in [3.8, 4) is 0 Å². The second-order valence-corrected chi connectivity index (χ2v) is 6.09. The molecule has 1 aliphatic rings. The lowest BCUT2D eigenvalue weighted by Crippen LogP contribution is -2.34. The summed E-state index contributed by atoms with van der Waals surface area (Å²) in [5.74, 6) is 0.258. The van der Waals surface area contributed by atoms with E-state index in [2.05, 4.69) is 31.4 Å². The van der Waals surface area contributed by atoms with Gasteiger partial charge in [-0.25, -0.2) is 0 Å². The van der Waals surface area contributed by atoms with Crippen molar-refractivity contribution in [2.24, 2.45) is 0 Å². The summed E-state index contributed by atoms with van der Waals surface area (Å²) < 4.78 is 2.02. The van der Waals surface area contributed by atoms with Crippen LogP contribution in [0.25, 0.3) is 0 Å². The van der Waals surface area contributed by atoms with Crippen molar-refractivity contribution in [2.75, 3.05) is 19.6 Å². The van der Waals surface area contributed by atoms with Gasteiger partial charge in [0, 0.05) is 31.5 Å². The Kier molecular flexibility index (Phi) is 6.30. The number of hydrogen-bond acceptors (Lipinski definition) is 2. The van der Waals surface area contributed by atoms with E-state index < -0.39 is 0 Å². The summed E-state index contributed by atoms with van der Waals surface area (Å²) in [6, 6.07) is 2.46. The molecule has 1 saturated heterocycles. The summed E-state index contributed by atoms with van der Waals surface area (Å²) in [4.78, 5) is 14.4. The highest BCUT2D eigenvalue weighted by molar-refractivity contribution is 5.76. The lowest BCUT2D eigenvalue weighted by molar-refractivity contribution is -0.131. The zero-order chi connectivity index (χ0) is 15.1. The van der Waals surface area contributed by atoms with Gasteiger partial charge in [0.25, 0.3) is 0 Å². The van der Waals surface area contributed by atoms with E-state index in [-0.39, 0.29) is 5.91 Å². The van der Waals surface area contributed by atoms with E-state index >= 15 is 0 Å². The second-order valence-electron chi connectivity index (χ2n) is 6.09. The van der Waals surface area contributed by atoms with Crippen molar-refractivity contribution < 1.29 is 4.79 Å². The van der Waals surface area contributed by atoms with E-state index in [1.807, 2.05) is 15.7 Å². The molecule has 0 aliphatic carbocycles. The van der Waals surface area contributed by atoms with Gasteiger partial charge in [0.05, 0.1) is 0 Å². The lowest BCUT2D eigenvalue weighted by Gasteiger charge is -2.20. The van der Waals surface area contributed by atoms with Crippen molar-refractivity contribution >= 4 is 5.91 Å². The average Bonchev–Trinajstić information content (AvgIpc) is 2.77. The number of aromatic nitrogens is 1. The minimum Gasteiger partial charge on any atom is -0.345 e. The maximum atomic E-state index is 12.4. The van der Waals surface area contributed by atoms with Gasteiger partial charge in [-0.2, -0.15) is 0 Å². The molecule has 4 nitrogen and oxygen atoms in total. The minimum atomic E-state index is 0.258. The van der Waals surface area contributed by atoms with Crippen LogP contribution in [0.5, 0.6) is 0 Å². The summed E-state index contributed by atoms with van der Waals surface area (Å²) in [5.41, 5.74) is 1.26. The maximum absolute atomic E-state index is 12.4. The van der Waals surface area contributed by atoms with Crippen LogP contribution in [0.3, 0.4) is 0 Å². The van der Waals surface area contributed by atoms with Crippen LogP contribution >= 0.6 is 0 Å². The van der Waals surface area contributed by atoms with E-state index in [1.165, 1.54) is 18.4 Å². The Labute approximate surface area is 128 Å². The van der Waals surface area contributed by atoms with Crippen LogP contribution in [0.15, 0.2) is 18.5 Å². The summed E-state index contributed by atoms with van der Waals surface area (Å²) in [5, 5.41) is 3.48. The fourth-order valence-corrected chi connectivity index (χ4v) is 2.87. The number of amides is 1. The molecule has 0 aromatic carbocycles. The number of nitrogens with one attached hydrogen (secondary N) is 1. The zero-order valence-corrected chi connectivity index (χ0v) is 13.5. The molecule has 1 amide bonds. The Morgan fingerprint density at radius 1 is 1.29 bits per heavy atom. The molecule has 1 aromatic heterocycles. The quantitative estimate of drug-likeness (QED) is 0.875. The first-order chi connectivity index (χ1) is 10.2. The first kappa shape index (κ1) is 16.1. The van der Waals surface area contributed by atoms with Crippen LogP contribution in [-0.2, 0) is 11.3 Å². The van der Waals surface area contributed by atoms with Crippen LogP contribution in [0, 0.1) is 0 Å². The Balaban J connectivity index is 1.87. The molecule has 0 saturated carbocycles. The van der Waals surface area contributed by atoms with Gasteiger partial charge in [-0.15, -0.1) is 0 Å². The normalized spacial score (nSPS) is 17.5. The number of rotatable bonds is 6. The number of nitrogens with zero attached hydrogens (tertiary/aromatic N) is 2. The van der Waals surface area contributed by atoms with E-state index in [4.69, 9.17) is 0 Å². The third-order valence-corrected chi connectivity index (χ3v) is 4.25. The third-order valence-electron chi connectivity index (χ3n) is 4.25. The molecule has 21 heavy (non-hydrogen) atoms. The van der Waals surface area contributed by atoms with Gasteiger partial charge in [0.1, 0.15) is 6.54 Å². The Morgan fingerprint density at radius 2 is 2.00 bits per heavy atom. The van der Waals surface area contributed by atoms with E-state index in [1.54, 1.807) is 0 Å². The Bertz CT molecular complexity index is 433. The first-order valence-electron chi connectivity index (χ1n) is 8.37. The average molecular weight is 291 g/mol. The monoisotopic (exact) mass is 291 g/mol. The number of hydrogen-bond donors (Lipinski definition) is 1. The molecule has 1 aromatic rings. The predicted octanol–water partition coefficient (Wildman–Crippen LogP) is 2.95. The van der Waals surface area contributed by atoms with Crippen molar-refractivity contribution in [1.29, 1.82) is 0 Å². The molecule has 1 unspecified atom stereocenters. The minimum absolute atomic E-state index is 0.258. The number of carbonyl (C=O) groups is 1. The predicted molar refractivity (Wildman–Crippen MR) is 86.2 cm³/mol. The SMILES string of the molecule is CCCNC(C)c1ccn(CC(=O)N2CCCCCC2)c1. The molecule has 1 N–H and O–H groups in total. The zero-order valence-electron chi connectivity index (χ0n) is 13.5. The maximum Gasteiger partial charge on any atom is 0.242 e. The molecule has 118 valence electrons. The Hall–Kier alpha value is -1.29. The van der Waals surface area contributed by atoms with Crippen LogP contribution in [0.4, 0.5) is 0 Å². The molecule has 1 aliphatic heterocycles. The summed E-state index contributed by atoms with van der Waals surface area (Å²) in [6.07, 6.45) is 10.1. The molecule has 0 radical (unpaired) electrons. The van der Waals surface area contributed by atoms with Gasteiger partial charge in [0.2, 0.25) is 5.91 Å². The first-order valence-corrected chi connectivity index (χ1v) is 8.37. The van der Waals surface area contributed by atoms with E-state index in [9.17, 15) is 4.79 Å². The van der Waals surface area contributed by atoms with Crippen LogP contribution in [0.2, 0.25) is 0 Å². The van der Waals surface area contributed by atoms with E-state index in [0.717, 1.165) is 38.9 Å². The van der Waals surface area contributed by atoms with Gasteiger partial charge in [-0.3, -0.25) is 4.79 Å². The molecule has 2 rings (SSSR count). The molecule has 1 atom stereocenters. The van der Waals surface area contributed by atoms with Crippen LogP contribution in [0.1, 0.15) is 57.6 Å². The van der Waals surface area contributed by atoms with E-state index in [0.29, 0.717) is 12.6 Å². The summed E-state index contributed by atoms with van der Waals surface area (Å²) in [7, 11) is 0. The van der Waals surface area contributed by atoms with Gasteiger partial charge >= 0.3 is 0 Å². The highest BCUT2D eigenvalue weighted by Crippen LogP contribution is 2.14. The third kappa shape index (κ3) is 4.88. The molecular formula is C17H29N3O. The van der Waals surface area contributed by atoms with Crippen molar-refractivity contribution in [3.05, 3.63) is 24.0 Å². The van der Waals surface area contributed by atoms with Gasteiger partial charge < -0.3 is 14.8 Å². The van der Waals surface area contributed by atoms with Crippen LogP contribution in [-0.4, -0.2) is 35.0 Å². The van der Waals surface area contributed by atoms with Gasteiger partial charge in [0.15, 0.2) is 0 Å². The Morgan fingerprint density at radius 3 is 2.67 bits per heavy atom. The number of carbonyl (C=O) groups excluding carboxylic acids is 1. The topological polar surface area (TPSA) is 37.3 Å². The lowest BCUT2D eigenvalue weighted by atomic mass is 10.2. The summed E-state index contributed by atoms with van der Waals surface area (Å²) in [6.45, 7) is 7.71. The number of likely N-dealkylation sites (tertiary alicyclic amines) is 1. The fourth-order valence-electron chi connectivity index (χ4n) is 2.87. The second kappa shape index (κ2) is 8.23. The smallest absolute Gasteiger partial charge is 0.242 e. The summed E-state index contributed by atoms with van der Waals surface area (Å²) >= 11 is 0. The van der Waals surface area contributed by atoms with Gasteiger partial charge in [-0.1, -0.05) is 19.8 Å². The highest BCUT2D eigenvalue weighted by atomic mass is 16.2. The van der Waals surface area contributed by atoms with Crippen molar-refractivity contribution in [2.45, 2.75) is 58.5 Å². The van der Waals surface area contributed by atoms with Crippen LogP contribution < -0.4 is 5.32 Å². The molecule has 4 heteroatoms. The van der Waals surface area contributed by atoms with Crippen molar-refractivity contribution in [1.82, 2.24) is 14.8 Å². The molecular weight excluding hydrogens is 262 g/mol. The fraction of sp³-hybridized carbons (Fsp3) is 0.706. The standard InChI is InChI=1S/C17H29N3O/c1-3-9-18-15(2)16-8-12-19(13-16)14-17(21)20-10-6-4-5-7-11-20/h8,12-13,15,18H,3-7,9-11,14H2,1-2H3.